The standard InChI is InChI=1S/C19H25N3O4/c1-5-20-19(21-11-14-7-6-8-15(9-14)24-3)22-12-16-10-17(13(2)26-16)18(23)25-4/h6-10H,5,11-12H2,1-4H3,(H2,20,21,22). The van der Waals surface area contributed by atoms with Crippen molar-refractivity contribution in [2.24, 2.45) is 4.99 Å². The monoisotopic (exact) mass is 359 g/mol. The normalized spacial score (nSPS) is 11.2. The summed E-state index contributed by atoms with van der Waals surface area (Å²) in [6.45, 7) is 5.38. The predicted octanol–water partition coefficient (Wildman–Crippen LogP) is 2.64. The van der Waals surface area contributed by atoms with Crippen LogP contribution in [-0.4, -0.2) is 32.7 Å². The number of benzene rings is 1. The molecule has 1 aromatic carbocycles. The number of methoxy groups -OCH3 is 2. The average molecular weight is 359 g/mol. The Morgan fingerprint density at radius 2 is 2.04 bits per heavy atom. The molecule has 0 aliphatic rings. The molecule has 0 aliphatic heterocycles. The van der Waals surface area contributed by atoms with E-state index in [0.29, 0.717) is 36.1 Å². The number of nitrogens with zero attached hydrogens (tertiary/aromatic N) is 1. The Balaban J connectivity index is 2.02. The van der Waals surface area contributed by atoms with Crippen molar-refractivity contribution >= 4 is 11.9 Å². The minimum absolute atomic E-state index is 0.405. The molecular weight excluding hydrogens is 334 g/mol. The van der Waals surface area contributed by atoms with Crippen LogP contribution in [0.4, 0.5) is 0 Å². The number of aryl methyl sites for hydroxylation is 1. The van der Waals surface area contributed by atoms with Gasteiger partial charge in [0.15, 0.2) is 5.96 Å². The van der Waals surface area contributed by atoms with Gasteiger partial charge in [0, 0.05) is 6.54 Å². The summed E-state index contributed by atoms with van der Waals surface area (Å²) in [5, 5.41) is 6.38. The van der Waals surface area contributed by atoms with Crippen LogP contribution in [-0.2, 0) is 17.8 Å². The summed E-state index contributed by atoms with van der Waals surface area (Å²) in [4.78, 5) is 16.2. The number of guanidine groups is 1. The highest BCUT2D eigenvalue weighted by atomic mass is 16.5. The third kappa shape index (κ3) is 5.27. The predicted molar refractivity (Wildman–Crippen MR) is 99.4 cm³/mol. The van der Waals surface area contributed by atoms with Crippen molar-refractivity contribution in [2.45, 2.75) is 26.9 Å². The quantitative estimate of drug-likeness (QED) is 0.449. The maximum Gasteiger partial charge on any atom is 0.341 e. The number of hydrogen-bond acceptors (Lipinski definition) is 5. The maximum absolute atomic E-state index is 11.7. The Bertz CT molecular complexity index is 768. The zero-order chi connectivity index (χ0) is 18.9. The van der Waals surface area contributed by atoms with Crippen molar-refractivity contribution in [2.75, 3.05) is 20.8 Å². The number of carbonyl (C=O) groups is 1. The number of hydrogen-bond donors (Lipinski definition) is 2. The Morgan fingerprint density at radius 1 is 1.23 bits per heavy atom. The van der Waals surface area contributed by atoms with Gasteiger partial charge in [0.2, 0.25) is 0 Å². The summed E-state index contributed by atoms with van der Waals surface area (Å²) in [6, 6.07) is 9.46. The van der Waals surface area contributed by atoms with Gasteiger partial charge in [0.25, 0.3) is 0 Å². The molecule has 0 aliphatic carbocycles. The van der Waals surface area contributed by atoms with Gasteiger partial charge in [0.1, 0.15) is 22.8 Å². The first-order valence-electron chi connectivity index (χ1n) is 8.40. The number of aliphatic imine (C=N–C) groups is 1. The lowest BCUT2D eigenvalue weighted by atomic mass is 10.2. The van der Waals surface area contributed by atoms with Crippen molar-refractivity contribution in [3.63, 3.8) is 0 Å². The average Bonchev–Trinajstić information content (AvgIpc) is 3.04. The first-order chi connectivity index (χ1) is 12.6. The Kier molecular flexibility index (Phi) is 7.08. The number of ether oxygens (including phenoxy) is 2. The van der Waals surface area contributed by atoms with Gasteiger partial charge in [-0.3, -0.25) is 0 Å². The molecule has 0 unspecified atom stereocenters. The summed E-state index contributed by atoms with van der Waals surface area (Å²) in [5.41, 5.74) is 1.48. The molecule has 0 spiro atoms. The second-order valence-corrected chi connectivity index (χ2v) is 5.57. The number of furan rings is 1. The summed E-state index contributed by atoms with van der Waals surface area (Å²) in [6.07, 6.45) is 0. The number of carbonyl (C=O) groups excluding carboxylic acids is 1. The van der Waals surface area contributed by atoms with Crippen LogP contribution in [0.25, 0.3) is 0 Å². The fourth-order valence-corrected chi connectivity index (χ4v) is 2.40. The van der Waals surface area contributed by atoms with Gasteiger partial charge in [-0.2, -0.15) is 0 Å². The topological polar surface area (TPSA) is 85.1 Å². The molecule has 7 nitrogen and oxygen atoms in total. The van der Waals surface area contributed by atoms with Crippen LogP contribution in [0, 0.1) is 6.92 Å². The fourth-order valence-electron chi connectivity index (χ4n) is 2.40. The molecule has 0 amide bonds. The fraction of sp³-hybridized carbons (Fsp3) is 0.368. The molecule has 0 atom stereocenters. The van der Waals surface area contributed by atoms with E-state index in [0.717, 1.165) is 17.9 Å². The second kappa shape index (κ2) is 9.50. The highest BCUT2D eigenvalue weighted by Gasteiger charge is 2.15. The molecule has 2 rings (SSSR count). The molecule has 7 heteroatoms. The molecule has 140 valence electrons. The van der Waals surface area contributed by atoms with Gasteiger partial charge in [-0.1, -0.05) is 12.1 Å². The molecule has 2 N–H and O–H groups in total. The van der Waals surface area contributed by atoms with Crippen LogP contribution in [0.3, 0.4) is 0 Å². The highest BCUT2D eigenvalue weighted by molar-refractivity contribution is 5.90. The molecule has 26 heavy (non-hydrogen) atoms. The van der Waals surface area contributed by atoms with Crippen LogP contribution in [0.15, 0.2) is 39.7 Å². The van der Waals surface area contributed by atoms with Crippen molar-refractivity contribution in [3.8, 4) is 5.75 Å². The minimum atomic E-state index is -0.406. The molecule has 2 aromatic rings. The smallest absolute Gasteiger partial charge is 0.341 e. The highest BCUT2D eigenvalue weighted by Crippen LogP contribution is 2.16. The second-order valence-electron chi connectivity index (χ2n) is 5.57. The number of rotatable bonds is 7. The summed E-state index contributed by atoms with van der Waals surface area (Å²) >= 11 is 0. The van der Waals surface area contributed by atoms with Crippen molar-refractivity contribution in [1.82, 2.24) is 10.6 Å². The van der Waals surface area contributed by atoms with Crippen molar-refractivity contribution < 1.29 is 18.7 Å². The molecule has 0 radical (unpaired) electrons. The van der Waals surface area contributed by atoms with Crippen molar-refractivity contribution in [1.29, 1.82) is 0 Å². The van der Waals surface area contributed by atoms with E-state index < -0.39 is 5.97 Å². The van der Waals surface area contributed by atoms with E-state index in [1.807, 2.05) is 31.2 Å². The SMILES string of the molecule is CCNC(=NCc1cccc(OC)c1)NCc1cc(C(=O)OC)c(C)o1. The van der Waals surface area contributed by atoms with Gasteiger partial charge in [-0.15, -0.1) is 0 Å². The van der Waals surface area contributed by atoms with Crippen LogP contribution in [0.1, 0.15) is 34.4 Å². The van der Waals surface area contributed by atoms with E-state index >= 15 is 0 Å². The third-order valence-corrected chi connectivity index (χ3v) is 3.70. The van der Waals surface area contributed by atoms with Gasteiger partial charge >= 0.3 is 5.97 Å². The van der Waals surface area contributed by atoms with E-state index in [9.17, 15) is 4.79 Å². The lowest BCUT2D eigenvalue weighted by molar-refractivity contribution is 0.0599. The molecule has 1 heterocycles. The lowest BCUT2D eigenvalue weighted by Gasteiger charge is -2.10. The van der Waals surface area contributed by atoms with Crippen LogP contribution >= 0.6 is 0 Å². The summed E-state index contributed by atoms with van der Waals surface area (Å²) in [7, 11) is 2.99. The Labute approximate surface area is 153 Å². The number of nitrogens with one attached hydrogen (secondary N) is 2. The molecular formula is C19H25N3O4. The van der Waals surface area contributed by atoms with Gasteiger partial charge < -0.3 is 24.5 Å². The van der Waals surface area contributed by atoms with Gasteiger partial charge in [-0.05, 0) is 37.6 Å². The zero-order valence-electron chi connectivity index (χ0n) is 15.6. The van der Waals surface area contributed by atoms with E-state index in [1.165, 1.54) is 7.11 Å². The number of esters is 1. The van der Waals surface area contributed by atoms with Gasteiger partial charge in [-0.25, -0.2) is 9.79 Å². The zero-order valence-corrected chi connectivity index (χ0v) is 15.6. The van der Waals surface area contributed by atoms with Crippen molar-refractivity contribution in [3.05, 3.63) is 53.0 Å². The van der Waals surface area contributed by atoms with Crippen LogP contribution in [0.2, 0.25) is 0 Å². The van der Waals surface area contributed by atoms with E-state index in [1.54, 1.807) is 20.1 Å². The van der Waals surface area contributed by atoms with E-state index in [4.69, 9.17) is 13.9 Å². The minimum Gasteiger partial charge on any atom is -0.497 e. The van der Waals surface area contributed by atoms with Crippen LogP contribution < -0.4 is 15.4 Å². The molecule has 0 bridgehead atoms. The summed E-state index contributed by atoms with van der Waals surface area (Å²) in [5.74, 6) is 2.22. The maximum atomic E-state index is 11.7. The first-order valence-corrected chi connectivity index (χ1v) is 8.40. The Hall–Kier alpha value is -2.96. The third-order valence-electron chi connectivity index (χ3n) is 3.70. The molecule has 0 fully saturated rings. The molecule has 1 aromatic heterocycles. The van der Waals surface area contributed by atoms with Crippen LogP contribution in [0.5, 0.6) is 5.75 Å². The van der Waals surface area contributed by atoms with E-state index in [2.05, 4.69) is 15.6 Å². The summed E-state index contributed by atoms with van der Waals surface area (Å²) < 4.78 is 15.6. The van der Waals surface area contributed by atoms with E-state index in [-0.39, 0.29) is 0 Å². The molecule has 0 saturated carbocycles. The molecule has 0 saturated heterocycles. The lowest BCUT2D eigenvalue weighted by Crippen LogP contribution is -2.36. The largest absolute Gasteiger partial charge is 0.497 e. The first kappa shape index (κ1) is 19.4. The van der Waals surface area contributed by atoms with Gasteiger partial charge in [0.05, 0.1) is 27.3 Å². The Morgan fingerprint density at radius 3 is 2.73 bits per heavy atom.